The van der Waals surface area contributed by atoms with Crippen LogP contribution < -0.4 is 4.74 Å². The molecule has 0 unspecified atom stereocenters. The molecule has 1 aromatic carbocycles. The van der Waals surface area contributed by atoms with E-state index < -0.39 is 28.4 Å². The summed E-state index contributed by atoms with van der Waals surface area (Å²) in [6.07, 6.45) is -2.91. The lowest BCUT2D eigenvalue weighted by atomic mass is 10.1. The predicted molar refractivity (Wildman–Crippen MR) is 54.6 cm³/mol. The van der Waals surface area contributed by atoms with E-state index in [9.17, 15) is 23.7 Å². The number of benzene rings is 1. The summed E-state index contributed by atoms with van der Waals surface area (Å²) in [7, 11) is 1.15. The smallest absolute Gasteiger partial charge is 0.280 e. The monoisotopic (exact) mass is 245 g/mol. The van der Waals surface area contributed by atoms with Crippen molar-refractivity contribution in [2.75, 3.05) is 7.11 Å². The molecular formula is C10H9F2NO4. The minimum Gasteiger partial charge on any atom is -0.496 e. The molecule has 0 aliphatic rings. The lowest BCUT2D eigenvalue weighted by Gasteiger charge is -2.09. The van der Waals surface area contributed by atoms with Crippen molar-refractivity contribution < 1.29 is 23.2 Å². The highest BCUT2D eigenvalue weighted by Gasteiger charge is 2.25. The quantitative estimate of drug-likeness (QED) is 0.464. The number of carbonyl (C=O) groups is 1. The summed E-state index contributed by atoms with van der Waals surface area (Å²) in [5, 5.41) is 10.7. The molecule has 0 aliphatic carbocycles. The van der Waals surface area contributed by atoms with Gasteiger partial charge in [-0.3, -0.25) is 14.9 Å². The zero-order chi connectivity index (χ0) is 13.2. The second kappa shape index (κ2) is 4.86. The van der Waals surface area contributed by atoms with E-state index >= 15 is 0 Å². The first-order chi connectivity index (χ1) is 7.88. The number of nitrogens with zero attached hydrogens (tertiary/aromatic N) is 1. The van der Waals surface area contributed by atoms with Gasteiger partial charge in [0.2, 0.25) is 0 Å². The molecule has 17 heavy (non-hydrogen) atoms. The summed E-state index contributed by atoms with van der Waals surface area (Å²) in [6, 6.07) is 1.63. The Morgan fingerprint density at radius 1 is 1.47 bits per heavy atom. The number of alkyl halides is 2. The largest absolute Gasteiger partial charge is 0.496 e. The minimum atomic E-state index is -2.91. The first-order valence-electron chi connectivity index (χ1n) is 4.54. The van der Waals surface area contributed by atoms with Crippen molar-refractivity contribution in [3.8, 4) is 5.75 Å². The van der Waals surface area contributed by atoms with Gasteiger partial charge in [0, 0.05) is 6.07 Å². The molecule has 0 aliphatic heterocycles. The van der Waals surface area contributed by atoms with Gasteiger partial charge in [-0.1, -0.05) is 0 Å². The predicted octanol–water partition coefficient (Wildman–Crippen LogP) is 2.74. The van der Waals surface area contributed by atoms with Gasteiger partial charge in [-0.2, -0.15) is 0 Å². The molecule has 0 saturated heterocycles. The lowest BCUT2D eigenvalue weighted by Crippen LogP contribution is -2.03. The van der Waals surface area contributed by atoms with Crippen LogP contribution in [0, 0.1) is 10.1 Å². The molecule has 0 N–H and O–H groups in total. The Hall–Kier alpha value is -2.05. The fraction of sp³-hybridized carbons (Fsp3) is 0.300. The molecule has 0 saturated carbocycles. The van der Waals surface area contributed by atoms with Gasteiger partial charge < -0.3 is 4.74 Å². The molecule has 0 aromatic heterocycles. The molecule has 7 heteroatoms. The zero-order valence-electron chi connectivity index (χ0n) is 9.07. The highest BCUT2D eigenvalue weighted by molar-refractivity contribution is 5.98. The number of nitro groups is 1. The van der Waals surface area contributed by atoms with E-state index in [0.717, 1.165) is 20.1 Å². The van der Waals surface area contributed by atoms with Gasteiger partial charge in [-0.05, 0) is 13.0 Å². The third kappa shape index (κ3) is 2.55. The Morgan fingerprint density at radius 2 is 2.06 bits per heavy atom. The molecule has 92 valence electrons. The maximum Gasteiger partial charge on any atom is 0.280 e. The van der Waals surface area contributed by atoms with Crippen LogP contribution in [0.5, 0.6) is 5.75 Å². The lowest BCUT2D eigenvalue weighted by molar-refractivity contribution is -0.385. The van der Waals surface area contributed by atoms with Gasteiger partial charge in [0.05, 0.1) is 23.2 Å². The van der Waals surface area contributed by atoms with Gasteiger partial charge in [-0.15, -0.1) is 0 Å². The Morgan fingerprint density at radius 3 is 2.41 bits per heavy atom. The van der Waals surface area contributed by atoms with Crippen molar-refractivity contribution in [3.05, 3.63) is 33.4 Å². The number of hydrogen-bond donors (Lipinski definition) is 0. The molecule has 0 atom stereocenters. The molecule has 0 spiro atoms. The SMILES string of the molecule is COc1cc(C(C)=O)c([N+](=O)[O-])cc1C(F)F. The van der Waals surface area contributed by atoms with Crippen molar-refractivity contribution in [1.82, 2.24) is 0 Å². The first kappa shape index (κ1) is 13.0. The average Bonchev–Trinajstić information content (AvgIpc) is 2.26. The molecule has 0 amide bonds. The molecule has 5 nitrogen and oxygen atoms in total. The van der Waals surface area contributed by atoms with Gasteiger partial charge in [0.25, 0.3) is 12.1 Å². The highest BCUT2D eigenvalue weighted by atomic mass is 19.3. The number of rotatable bonds is 4. The van der Waals surface area contributed by atoms with Crippen LogP contribution in [0.4, 0.5) is 14.5 Å². The topological polar surface area (TPSA) is 69.4 Å². The number of hydrogen-bond acceptors (Lipinski definition) is 4. The van der Waals surface area contributed by atoms with Crippen LogP contribution in [0.3, 0.4) is 0 Å². The van der Waals surface area contributed by atoms with Crippen LogP contribution in [0.2, 0.25) is 0 Å². The second-order valence-electron chi connectivity index (χ2n) is 3.23. The third-order valence-corrected chi connectivity index (χ3v) is 2.16. The summed E-state index contributed by atoms with van der Waals surface area (Å²) < 4.78 is 29.9. The Balaban J connectivity index is 3.53. The molecular weight excluding hydrogens is 236 g/mol. The van der Waals surface area contributed by atoms with Crippen LogP contribution >= 0.6 is 0 Å². The van der Waals surface area contributed by atoms with E-state index in [-0.39, 0.29) is 11.3 Å². The van der Waals surface area contributed by atoms with Crippen LogP contribution in [0.1, 0.15) is 29.3 Å². The van der Waals surface area contributed by atoms with E-state index in [2.05, 4.69) is 4.74 Å². The van der Waals surface area contributed by atoms with E-state index in [4.69, 9.17) is 0 Å². The number of Topliss-reactive ketones (excluding diaryl/α,β-unsaturated/α-hetero) is 1. The maximum absolute atomic E-state index is 12.6. The van der Waals surface area contributed by atoms with Crippen molar-refractivity contribution >= 4 is 11.5 Å². The van der Waals surface area contributed by atoms with Crippen LogP contribution in [-0.2, 0) is 0 Å². The molecule has 0 fully saturated rings. The Labute approximate surface area is 95.2 Å². The van der Waals surface area contributed by atoms with Gasteiger partial charge in [-0.25, -0.2) is 8.78 Å². The van der Waals surface area contributed by atoms with Crippen molar-refractivity contribution in [2.45, 2.75) is 13.3 Å². The number of ether oxygens (including phenoxy) is 1. The average molecular weight is 245 g/mol. The number of ketones is 1. The number of methoxy groups -OCH3 is 1. The highest BCUT2D eigenvalue weighted by Crippen LogP contribution is 2.35. The van der Waals surface area contributed by atoms with Crippen molar-refractivity contribution in [3.63, 3.8) is 0 Å². The minimum absolute atomic E-state index is 0.240. The van der Waals surface area contributed by atoms with Crippen LogP contribution in [0.25, 0.3) is 0 Å². The summed E-state index contributed by atoms with van der Waals surface area (Å²) in [6.45, 7) is 1.11. The summed E-state index contributed by atoms with van der Waals surface area (Å²) in [5.41, 5.74) is -1.51. The van der Waals surface area contributed by atoms with E-state index in [1.54, 1.807) is 0 Å². The summed E-state index contributed by atoms with van der Waals surface area (Å²) in [5.74, 6) is -0.827. The fourth-order valence-electron chi connectivity index (χ4n) is 1.36. The van der Waals surface area contributed by atoms with E-state index in [0.29, 0.717) is 6.07 Å². The van der Waals surface area contributed by atoms with E-state index in [1.165, 1.54) is 0 Å². The Kier molecular flexibility index (Phi) is 3.72. The third-order valence-electron chi connectivity index (χ3n) is 2.16. The second-order valence-corrected chi connectivity index (χ2v) is 3.23. The molecule has 1 rings (SSSR count). The van der Waals surface area contributed by atoms with Gasteiger partial charge in [0.15, 0.2) is 5.78 Å². The fourth-order valence-corrected chi connectivity index (χ4v) is 1.36. The zero-order valence-corrected chi connectivity index (χ0v) is 9.07. The molecule has 0 bridgehead atoms. The number of carbonyl (C=O) groups excluding carboxylic acids is 1. The van der Waals surface area contributed by atoms with Crippen LogP contribution in [0.15, 0.2) is 12.1 Å². The van der Waals surface area contributed by atoms with Crippen molar-refractivity contribution in [1.29, 1.82) is 0 Å². The summed E-state index contributed by atoms with van der Waals surface area (Å²) in [4.78, 5) is 21.0. The van der Waals surface area contributed by atoms with Crippen molar-refractivity contribution in [2.24, 2.45) is 0 Å². The molecule has 0 heterocycles. The van der Waals surface area contributed by atoms with Crippen LogP contribution in [-0.4, -0.2) is 17.8 Å². The summed E-state index contributed by atoms with van der Waals surface area (Å²) >= 11 is 0. The van der Waals surface area contributed by atoms with Gasteiger partial charge >= 0.3 is 0 Å². The molecule has 0 radical (unpaired) electrons. The standard InChI is InChI=1S/C10H9F2NO4/c1-5(14)6-4-9(17-2)7(10(11)12)3-8(6)13(15)16/h3-4,10H,1-2H3. The van der Waals surface area contributed by atoms with E-state index in [1.807, 2.05) is 0 Å². The van der Waals surface area contributed by atoms with Gasteiger partial charge in [0.1, 0.15) is 5.75 Å². The first-order valence-corrected chi connectivity index (χ1v) is 4.54. The number of nitro benzene ring substituents is 1. The molecule has 1 aromatic rings. The Bertz CT molecular complexity index is 474. The normalized spacial score (nSPS) is 10.4. The maximum atomic E-state index is 12.6. The number of halogens is 2.